The molecule has 0 amide bonds. The summed E-state index contributed by atoms with van der Waals surface area (Å²) in [7, 11) is 0. The number of rotatable bonds is 2. The maximum atomic E-state index is 4.77. The fraction of sp³-hybridized carbons (Fsp3) is 0.533. The molecule has 6 nitrogen and oxygen atoms in total. The van der Waals surface area contributed by atoms with Crippen molar-refractivity contribution in [2.45, 2.75) is 31.7 Å². The van der Waals surface area contributed by atoms with Crippen molar-refractivity contribution in [2.75, 3.05) is 29.9 Å². The Labute approximate surface area is 124 Å². The maximum absolute atomic E-state index is 4.77. The van der Waals surface area contributed by atoms with Crippen LogP contribution in [0.4, 0.5) is 11.9 Å². The van der Waals surface area contributed by atoms with Crippen LogP contribution in [0.15, 0.2) is 24.5 Å². The van der Waals surface area contributed by atoms with Gasteiger partial charge in [0.25, 0.3) is 0 Å². The normalized spacial score (nSPS) is 21.7. The Morgan fingerprint density at radius 3 is 2.90 bits per heavy atom. The lowest BCUT2D eigenvalue weighted by atomic mass is 10.1. The molecule has 0 spiro atoms. The number of nitrogens with zero attached hydrogens (tertiary/aromatic N) is 5. The molecule has 0 radical (unpaired) electrons. The van der Waals surface area contributed by atoms with Gasteiger partial charge >= 0.3 is 0 Å². The second-order valence-corrected chi connectivity index (χ2v) is 5.75. The number of fused-ring (bicyclic) bond motifs is 1. The summed E-state index contributed by atoms with van der Waals surface area (Å²) in [4.78, 5) is 11.2. The van der Waals surface area contributed by atoms with Gasteiger partial charge in [-0.05, 0) is 37.3 Å². The molecule has 2 aromatic rings. The van der Waals surface area contributed by atoms with E-state index < -0.39 is 0 Å². The molecule has 2 aliphatic heterocycles. The first-order valence-electron chi connectivity index (χ1n) is 7.77. The van der Waals surface area contributed by atoms with E-state index in [1.807, 2.05) is 23.1 Å². The molecule has 1 saturated heterocycles. The largest absolute Gasteiger partial charge is 0.354 e. The number of nitrogens with one attached hydrogen (secondary N) is 1. The molecule has 2 aliphatic rings. The zero-order valence-electron chi connectivity index (χ0n) is 12.1. The van der Waals surface area contributed by atoms with Crippen molar-refractivity contribution in [3.05, 3.63) is 30.1 Å². The summed E-state index contributed by atoms with van der Waals surface area (Å²) in [5.74, 6) is 1.75. The minimum atomic E-state index is 0.237. The van der Waals surface area contributed by atoms with Gasteiger partial charge in [0.15, 0.2) is 0 Å². The Balaban J connectivity index is 1.66. The zero-order valence-corrected chi connectivity index (χ0v) is 12.1. The Morgan fingerprint density at radius 1 is 1.19 bits per heavy atom. The molecule has 2 aromatic heterocycles. The highest BCUT2D eigenvalue weighted by molar-refractivity contribution is 5.41. The van der Waals surface area contributed by atoms with Crippen molar-refractivity contribution in [1.29, 1.82) is 0 Å². The second kappa shape index (κ2) is 5.35. The van der Waals surface area contributed by atoms with Crippen LogP contribution in [-0.2, 0) is 0 Å². The van der Waals surface area contributed by atoms with Gasteiger partial charge < -0.3 is 10.2 Å². The van der Waals surface area contributed by atoms with Gasteiger partial charge in [0, 0.05) is 32.0 Å². The summed E-state index contributed by atoms with van der Waals surface area (Å²) in [6.07, 6.45) is 8.56. The third kappa shape index (κ3) is 2.34. The van der Waals surface area contributed by atoms with Crippen LogP contribution in [0.2, 0.25) is 0 Å². The number of hydrogen-bond acceptors (Lipinski definition) is 5. The van der Waals surface area contributed by atoms with Crippen molar-refractivity contribution in [3.63, 3.8) is 0 Å². The molecule has 4 rings (SSSR count). The van der Waals surface area contributed by atoms with Crippen molar-refractivity contribution >= 4 is 11.9 Å². The van der Waals surface area contributed by atoms with Crippen molar-refractivity contribution in [1.82, 2.24) is 19.7 Å². The number of anilines is 2. The fourth-order valence-electron chi connectivity index (χ4n) is 3.20. The quantitative estimate of drug-likeness (QED) is 0.915. The Hall–Kier alpha value is -2.11. The third-order valence-electron chi connectivity index (χ3n) is 4.32. The molecule has 4 heterocycles. The molecule has 1 fully saturated rings. The molecule has 1 N–H and O–H groups in total. The Bertz CT molecular complexity index is 602. The summed E-state index contributed by atoms with van der Waals surface area (Å²) < 4.78 is 2.03. The second-order valence-electron chi connectivity index (χ2n) is 5.75. The lowest BCUT2D eigenvalue weighted by Gasteiger charge is -2.25. The van der Waals surface area contributed by atoms with E-state index in [1.165, 1.54) is 24.8 Å². The molecule has 0 bridgehead atoms. The third-order valence-corrected chi connectivity index (χ3v) is 4.32. The van der Waals surface area contributed by atoms with Gasteiger partial charge in [0.2, 0.25) is 11.9 Å². The van der Waals surface area contributed by atoms with E-state index in [0.717, 1.165) is 38.0 Å². The summed E-state index contributed by atoms with van der Waals surface area (Å²) in [5, 5.41) is 8.14. The van der Waals surface area contributed by atoms with Gasteiger partial charge in [0.1, 0.15) is 0 Å². The van der Waals surface area contributed by atoms with E-state index in [4.69, 9.17) is 10.1 Å². The smallest absolute Gasteiger partial charge is 0.246 e. The predicted octanol–water partition coefficient (Wildman–Crippen LogP) is 2.07. The lowest BCUT2D eigenvalue weighted by molar-refractivity contribution is 0.476. The molecule has 0 saturated carbocycles. The Kier molecular flexibility index (Phi) is 3.21. The molecule has 21 heavy (non-hydrogen) atoms. The summed E-state index contributed by atoms with van der Waals surface area (Å²) in [5.41, 5.74) is 1.20. The topological polar surface area (TPSA) is 58.9 Å². The highest BCUT2D eigenvalue weighted by atomic mass is 15.5. The molecule has 6 heteroatoms. The van der Waals surface area contributed by atoms with E-state index in [1.54, 1.807) is 0 Å². The predicted molar refractivity (Wildman–Crippen MR) is 81.6 cm³/mol. The van der Waals surface area contributed by atoms with Gasteiger partial charge in [-0.1, -0.05) is 6.07 Å². The van der Waals surface area contributed by atoms with E-state index in [-0.39, 0.29) is 6.04 Å². The van der Waals surface area contributed by atoms with Crippen LogP contribution in [0.25, 0.3) is 0 Å². The summed E-state index contributed by atoms with van der Waals surface area (Å²) in [6.45, 7) is 3.07. The lowest BCUT2D eigenvalue weighted by Crippen LogP contribution is -2.30. The van der Waals surface area contributed by atoms with Crippen LogP contribution in [-0.4, -0.2) is 39.4 Å². The summed E-state index contributed by atoms with van der Waals surface area (Å²) in [6, 6.07) is 4.34. The van der Waals surface area contributed by atoms with Gasteiger partial charge in [-0.15, -0.1) is 5.10 Å². The van der Waals surface area contributed by atoms with Crippen LogP contribution in [0, 0.1) is 0 Å². The van der Waals surface area contributed by atoms with Gasteiger partial charge in [-0.3, -0.25) is 4.98 Å². The van der Waals surface area contributed by atoms with E-state index in [2.05, 4.69) is 21.3 Å². The van der Waals surface area contributed by atoms with Crippen LogP contribution >= 0.6 is 0 Å². The first-order valence-corrected chi connectivity index (χ1v) is 7.77. The number of hydrogen-bond donors (Lipinski definition) is 1. The first kappa shape index (κ1) is 12.6. The molecular formula is C15H20N6. The fourth-order valence-corrected chi connectivity index (χ4v) is 3.20. The highest BCUT2D eigenvalue weighted by Gasteiger charge is 2.26. The van der Waals surface area contributed by atoms with Gasteiger partial charge in [-0.25, -0.2) is 4.68 Å². The number of aromatic nitrogens is 4. The molecular weight excluding hydrogens is 264 g/mol. The molecule has 1 unspecified atom stereocenters. The first-order chi connectivity index (χ1) is 10.4. The van der Waals surface area contributed by atoms with Crippen molar-refractivity contribution in [3.8, 4) is 0 Å². The zero-order chi connectivity index (χ0) is 14.1. The van der Waals surface area contributed by atoms with Gasteiger partial charge in [-0.2, -0.15) is 4.98 Å². The highest BCUT2D eigenvalue weighted by Crippen LogP contribution is 2.29. The van der Waals surface area contributed by atoms with Crippen LogP contribution in [0.1, 0.15) is 37.3 Å². The van der Waals surface area contributed by atoms with E-state index in [9.17, 15) is 0 Å². The molecule has 0 aliphatic carbocycles. The van der Waals surface area contributed by atoms with Crippen molar-refractivity contribution < 1.29 is 0 Å². The molecule has 0 aromatic carbocycles. The van der Waals surface area contributed by atoms with Gasteiger partial charge in [0.05, 0.1) is 6.04 Å². The van der Waals surface area contributed by atoms with E-state index >= 15 is 0 Å². The SMILES string of the molecule is c1cncc(C2CCNc3nc(N4CCCCC4)nn32)c1. The minimum absolute atomic E-state index is 0.237. The van der Waals surface area contributed by atoms with E-state index in [0.29, 0.717) is 0 Å². The number of pyridine rings is 1. The average molecular weight is 284 g/mol. The molecule has 1 atom stereocenters. The average Bonchev–Trinajstić information content (AvgIpc) is 3.00. The van der Waals surface area contributed by atoms with Crippen molar-refractivity contribution in [2.24, 2.45) is 0 Å². The standard InChI is InChI=1S/C15H20N6/c1-2-9-20(10-3-1)15-18-14-17-8-6-13(21(14)19-15)12-5-4-7-16-11-12/h4-5,7,11,13H,1-3,6,8-10H2,(H,17,18,19). The maximum Gasteiger partial charge on any atom is 0.246 e. The Morgan fingerprint density at radius 2 is 2.10 bits per heavy atom. The van der Waals surface area contributed by atoms with Crippen LogP contribution < -0.4 is 10.2 Å². The minimum Gasteiger partial charge on any atom is -0.354 e. The molecule has 110 valence electrons. The summed E-state index contributed by atoms with van der Waals surface area (Å²) >= 11 is 0. The monoisotopic (exact) mass is 284 g/mol. The van der Waals surface area contributed by atoms with Crippen LogP contribution in [0.5, 0.6) is 0 Å². The van der Waals surface area contributed by atoms with Crippen LogP contribution in [0.3, 0.4) is 0 Å². The number of piperidine rings is 1.